The summed E-state index contributed by atoms with van der Waals surface area (Å²) in [6.45, 7) is 4.17. The molecule has 3 N–H and O–H groups in total. The number of hydrogen-bond acceptors (Lipinski definition) is 4. The van der Waals surface area contributed by atoms with Gasteiger partial charge in [-0.25, -0.2) is 4.79 Å². The molecule has 1 unspecified atom stereocenters. The van der Waals surface area contributed by atoms with E-state index in [4.69, 9.17) is 4.74 Å². The molecular formula is C28H34N2O5. The minimum atomic E-state index is -0.889. The monoisotopic (exact) mass is 478 g/mol. The standard InChI is InChI=1S/C28H34N2O5/c1-17(2)14-25(26(31)29-15-23(27(32)33)18-8-7-9-18)30-28(34)35-16-24-21-12-5-3-10-19(21)20-11-4-6-13-22(20)24/h3-6,10-13,17-18,23-25H,7-9,14-16H2,1-2H3,(H,29,31)(H,30,34)(H,32,33)/t23?,25-/m1/s1. The molecule has 2 aliphatic rings. The highest BCUT2D eigenvalue weighted by atomic mass is 16.5. The van der Waals surface area contributed by atoms with Crippen molar-refractivity contribution in [3.8, 4) is 11.1 Å². The lowest BCUT2D eigenvalue weighted by Crippen LogP contribution is -2.50. The Labute approximate surface area is 206 Å². The number of carboxylic acids is 1. The van der Waals surface area contributed by atoms with Gasteiger partial charge in [-0.1, -0.05) is 68.8 Å². The third-order valence-corrected chi connectivity index (χ3v) is 7.19. The Morgan fingerprint density at radius 3 is 2.11 bits per heavy atom. The van der Waals surface area contributed by atoms with Crippen molar-refractivity contribution in [2.75, 3.05) is 13.2 Å². The molecular weight excluding hydrogens is 444 g/mol. The Kier molecular flexibility index (Phi) is 7.73. The number of amides is 2. The van der Waals surface area contributed by atoms with Crippen molar-refractivity contribution in [1.29, 1.82) is 0 Å². The summed E-state index contributed by atoms with van der Waals surface area (Å²) in [5.41, 5.74) is 4.53. The molecule has 2 aromatic rings. The number of rotatable bonds is 10. The van der Waals surface area contributed by atoms with Crippen LogP contribution in [0.25, 0.3) is 11.1 Å². The molecule has 35 heavy (non-hydrogen) atoms. The smallest absolute Gasteiger partial charge is 0.407 e. The molecule has 2 aromatic carbocycles. The van der Waals surface area contributed by atoms with Crippen LogP contribution < -0.4 is 10.6 Å². The summed E-state index contributed by atoms with van der Waals surface area (Å²) in [5, 5.41) is 15.0. The molecule has 4 rings (SSSR count). The minimum Gasteiger partial charge on any atom is -0.481 e. The average Bonchev–Trinajstić information content (AvgIpc) is 3.11. The van der Waals surface area contributed by atoms with E-state index in [-0.39, 0.29) is 36.8 Å². The molecule has 0 heterocycles. The number of alkyl carbamates (subject to hydrolysis) is 1. The topological polar surface area (TPSA) is 105 Å². The second kappa shape index (κ2) is 10.9. The van der Waals surface area contributed by atoms with Crippen LogP contribution in [0, 0.1) is 17.8 Å². The summed E-state index contributed by atoms with van der Waals surface area (Å²) in [5.74, 6) is -1.67. The van der Waals surface area contributed by atoms with Crippen LogP contribution in [-0.4, -0.2) is 42.3 Å². The number of aliphatic carboxylic acids is 1. The van der Waals surface area contributed by atoms with Crippen LogP contribution >= 0.6 is 0 Å². The zero-order valence-corrected chi connectivity index (χ0v) is 20.3. The Balaban J connectivity index is 1.36. The van der Waals surface area contributed by atoms with Gasteiger partial charge in [-0.2, -0.15) is 0 Å². The van der Waals surface area contributed by atoms with Gasteiger partial charge >= 0.3 is 12.1 Å². The van der Waals surface area contributed by atoms with Gasteiger partial charge < -0.3 is 20.5 Å². The van der Waals surface area contributed by atoms with Crippen LogP contribution in [0.4, 0.5) is 4.79 Å². The van der Waals surface area contributed by atoms with E-state index >= 15 is 0 Å². The van der Waals surface area contributed by atoms with Gasteiger partial charge in [0.1, 0.15) is 12.6 Å². The van der Waals surface area contributed by atoms with Gasteiger partial charge in [0.15, 0.2) is 0 Å². The lowest BCUT2D eigenvalue weighted by Gasteiger charge is -2.31. The number of benzene rings is 2. The molecule has 2 aliphatic carbocycles. The van der Waals surface area contributed by atoms with Gasteiger partial charge in [0, 0.05) is 12.5 Å². The van der Waals surface area contributed by atoms with Crippen LogP contribution in [0.5, 0.6) is 0 Å². The molecule has 186 valence electrons. The maximum atomic E-state index is 12.9. The second-order valence-electron chi connectivity index (χ2n) is 10.0. The summed E-state index contributed by atoms with van der Waals surface area (Å²) in [6, 6.07) is 15.4. The van der Waals surface area contributed by atoms with Crippen molar-refractivity contribution < 1.29 is 24.2 Å². The largest absolute Gasteiger partial charge is 0.481 e. The van der Waals surface area contributed by atoms with Gasteiger partial charge in [-0.05, 0) is 53.4 Å². The highest BCUT2D eigenvalue weighted by Crippen LogP contribution is 2.44. The number of hydrogen-bond donors (Lipinski definition) is 3. The van der Waals surface area contributed by atoms with Crippen LogP contribution in [0.2, 0.25) is 0 Å². The molecule has 2 amide bonds. The second-order valence-corrected chi connectivity index (χ2v) is 10.0. The summed E-state index contributed by atoms with van der Waals surface area (Å²) < 4.78 is 5.61. The van der Waals surface area contributed by atoms with Gasteiger partial charge in [-0.3, -0.25) is 9.59 Å². The summed E-state index contributed by atoms with van der Waals surface area (Å²) in [7, 11) is 0. The van der Waals surface area contributed by atoms with E-state index in [1.165, 1.54) is 0 Å². The maximum absolute atomic E-state index is 12.9. The molecule has 0 bridgehead atoms. The van der Waals surface area contributed by atoms with Crippen molar-refractivity contribution >= 4 is 18.0 Å². The first-order chi connectivity index (χ1) is 16.8. The molecule has 7 heteroatoms. The third-order valence-electron chi connectivity index (χ3n) is 7.19. The van der Waals surface area contributed by atoms with Crippen LogP contribution in [0.1, 0.15) is 56.6 Å². The molecule has 0 spiro atoms. The van der Waals surface area contributed by atoms with E-state index < -0.39 is 24.0 Å². The highest BCUT2D eigenvalue weighted by molar-refractivity contribution is 5.86. The SMILES string of the molecule is CC(C)C[C@@H](NC(=O)OCC1c2ccccc2-c2ccccc21)C(=O)NCC(C(=O)O)C1CCC1. The number of ether oxygens (including phenoxy) is 1. The lowest BCUT2D eigenvalue weighted by molar-refractivity contribution is -0.145. The predicted molar refractivity (Wildman–Crippen MR) is 133 cm³/mol. The van der Waals surface area contributed by atoms with E-state index in [0.29, 0.717) is 6.42 Å². The average molecular weight is 479 g/mol. The minimum absolute atomic E-state index is 0.0654. The van der Waals surface area contributed by atoms with Crippen LogP contribution in [0.3, 0.4) is 0 Å². The number of carboxylic acid groups (broad SMARTS) is 1. The van der Waals surface area contributed by atoms with E-state index in [1.807, 2.05) is 38.1 Å². The molecule has 2 atom stereocenters. The van der Waals surface area contributed by atoms with E-state index in [0.717, 1.165) is 41.5 Å². The van der Waals surface area contributed by atoms with Crippen LogP contribution in [-0.2, 0) is 14.3 Å². The van der Waals surface area contributed by atoms with E-state index in [2.05, 4.69) is 34.9 Å². The molecule has 7 nitrogen and oxygen atoms in total. The Bertz CT molecular complexity index is 1030. The molecule has 0 aromatic heterocycles. The number of fused-ring (bicyclic) bond motifs is 3. The quantitative estimate of drug-likeness (QED) is 0.464. The lowest BCUT2D eigenvalue weighted by atomic mass is 9.76. The molecule has 0 radical (unpaired) electrons. The summed E-state index contributed by atoms with van der Waals surface area (Å²) >= 11 is 0. The van der Waals surface area contributed by atoms with Crippen molar-refractivity contribution in [3.05, 3.63) is 59.7 Å². The molecule has 1 saturated carbocycles. The summed E-state index contributed by atoms with van der Waals surface area (Å²) in [4.78, 5) is 37.2. The number of carbonyl (C=O) groups is 3. The fraction of sp³-hybridized carbons (Fsp3) is 0.464. The van der Waals surface area contributed by atoms with Crippen molar-refractivity contribution in [2.45, 2.75) is 51.5 Å². The zero-order valence-electron chi connectivity index (χ0n) is 20.3. The van der Waals surface area contributed by atoms with Gasteiger partial charge in [0.05, 0.1) is 5.92 Å². The van der Waals surface area contributed by atoms with Crippen LogP contribution in [0.15, 0.2) is 48.5 Å². The highest BCUT2D eigenvalue weighted by Gasteiger charge is 2.34. The first-order valence-electron chi connectivity index (χ1n) is 12.5. The number of carbonyl (C=O) groups excluding carboxylic acids is 2. The summed E-state index contributed by atoms with van der Waals surface area (Å²) in [6.07, 6.45) is 2.56. The third kappa shape index (κ3) is 5.66. The predicted octanol–water partition coefficient (Wildman–Crippen LogP) is 4.56. The molecule has 1 fully saturated rings. The normalized spacial score (nSPS) is 16.5. The molecule has 0 aliphatic heterocycles. The van der Waals surface area contributed by atoms with Crippen molar-refractivity contribution in [2.24, 2.45) is 17.8 Å². The van der Waals surface area contributed by atoms with Gasteiger partial charge in [0.25, 0.3) is 0 Å². The van der Waals surface area contributed by atoms with Crippen molar-refractivity contribution in [1.82, 2.24) is 10.6 Å². The van der Waals surface area contributed by atoms with Gasteiger partial charge in [0.2, 0.25) is 5.91 Å². The Morgan fingerprint density at radius 2 is 1.60 bits per heavy atom. The first-order valence-corrected chi connectivity index (χ1v) is 12.5. The molecule has 0 saturated heterocycles. The Hall–Kier alpha value is -3.35. The first kappa shape index (κ1) is 24.8. The number of nitrogens with one attached hydrogen (secondary N) is 2. The fourth-order valence-electron chi connectivity index (χ4n) is 5.12. The van der Waals surface area contributed by atoms with Crippen molar-refractivity contribution in [3.63, 3.8) is 0 Å². The van der Waals surface area contributed by atoms with E-state index in [9.17, 15) is 19.5 Å². The fourth-order valence-corrected chi connectivity index (χ4v) is 5.12. The maximum Gasteiger partial charge on any atom is 0.407 e. The van der Waals surface area contributed by atoms with Gasteiger partial charge in [-0.15, -0.1) is 0 Å². The zero-order chi connectivity index (χ0) is 24.9. The van der Waals surface area contributed by atoms with E-state index in [1.54, 1.807) is 0 Å². The Morgan fingerprint density at radius 1 is 1.00 bits per heavy atom.